The molecule has 1 N–H and O–H groups in total. The summed E-state index contributed by atoms with van der Waals surface area (Å²) in [4.78, 5) is 2.34. The van der Waals surface area contributed by atoms with Crippen LogP contribution in [0.1, 0.15) is 18.9 Å². The first kappa shape index (κ1) is 9.74. The van der Waals surface area contributed by atoms with Crippen molar-refractivity contribution in [3.8, 4) is 0 Å². The molecule has 4 nitrogen and oxygen atoms in total. The van der Waals surface area contributed by atoms with Crippen LogP contribution in [0.25, 0.3) is 0 Å². The molecule has 1 aromatic rings. The molecule has 0 radical (unpaired) electrons. The van der Waals surface area contributed by atoms with Crippen LogP contribution in [-0.4, -0.2) is 47.3 Å². The minimum Gasteiger partial charge on any atom is -0.449 e. The third kappa shape index (κ3) is 1.99. The fourth-order valence-electron chi connectivity index (χ4n) is 1.92. The number of hydrogen-bond donors (Lipinski definition) is 1. The first-order chi connectivity index (χ1) is 6.79. The van der Waals surface area contributed by atoms with E-state index in [1.54, 1.807) is 6.20 Å². The molecule has 0 aliphatic carbocycles. The van der Waals surface area contributed by atoms with Crippen molar-refractivity contribution in [2.45, 2.75) is 18.9 Å². The summed E-state index contributed by atoms with van der Waals surface area (Å²) in [5, 5.41) is 13.2. The van der Waals surface area contributed by atoms with Crippen molar-refractivity contribution in [1.29, 1.82) is 0 Å². The normalized spacial score (nSPS) is 19.9. The maximum Gasteiger partial charge on any atom is 0.307 e. The molecule has 1 aliphatic heterocycles. The molecular formula is C9H16BN3O. The third-order valence-corrected chi connectivity index (χ3v) is 2.90. The van der Waals surface area contributed by atoms with Crippen LogP contribution >= 0.6 is 0 Å². The molecule has 0 aromatic carbocycles. The van der Waals surface area contributed by atoms with E-state index in [2.05, 4.69) is 17.0 Å². The summed E-state index contributed by atoms with van der Waals surface area (Å²) in [7, 11) is 2.24. The largest absolute Gasteiger partial charge is 0.449 e. The fourth-order valence-corrected chi connectivity index (χ4v) is 1.92. The first-order valence-electron chi connectivity index (χ1n) is 5.12. The van der Waals surface area contributed by atoms with Crippen LogP contribution in [0, 0.1) is 0 Å². The number of nitrogens with zero attached hydrogens (tertiary/aromatic N) is 3. The molecule has 0 spiro atoms. The molecule has 0 atom stereocenters. The number of aromatic nitrogens is 2. The summed E-state index contributed by atoms with van der Waals surface area (Å²) in [6, 6.07) is 0.520. The molecule has 1 aliphatic rings. The summed E-state index contributed by atoms with van der Waals surface area (Å²) in [5.41, 5.74) is 0.906. The Hall–Kier alpha value is -0.805. The smallest absolute Gasteiger partial charge is 0.307 e. The van der Waals surface area contributed by atoms with Gasteiger partial charge < -0.3 is 9.92 Å². The first-order valence-corrected chi connectivity index (χ1v) is 5.12. The Bertz CT molecular complexity index is 294. The zero-order valence-corrected chi connectivity index (χ0v) is 8.56. The molecule has 5 heteroatoms. The lowest BCUT2D eigenvalue weighted by Crippen LogP contribution is -2.31. The summed E-state index contributed by atoms with van der Waals surface area (Å²) in [6.07, 6.45) is 6.01. The molecule has 0 bridgehead atoms. The highest BCUT2D eigenvalue weighted by Crippen LogP contribution is 2.19. The van der Waals surface area contributed by atoms with E-state index in [0.29, 0.717) is 6.04 Å². The van der Waals surface area contributed by atoms with E-state index in [-0.39, 0.29) is 7.48 Å². The van der Waals surface area contributed by atoms with Gasteiger partial charge in [-0.05, 0) is 38.4 Å². The van der Waals surface area contributed by atoms with Crippen molar-refractivity contribution in [2.24, 2.45) is 0 Å². The highest BCUT2D eigenvalue weighted by atomic mass is 16.2. The molecule has 14 heavy (non-hydrogen) atoms. The maximum atomic E-state index is 8.93. The highest BCUT2D eigenvalue weighted by molar-refractivity contribution is 6.45. The van der Waals surface area contributed by atoms with Crippen LogP contribution in [0.5, 0.6) is 0 Å². The molecule has 2 rings (SSSR count). The average molecular weight is 193 g/mol. The molecule has 76 valence electrons. The Morgan fingerprint density at radius 3 is 2.79 bits per heavy atom. The van der Waals surface area contributed by atoms with E-state index in [1.807, 2.05) is 10.9 Å². The molecule has 1 fully saturated rings. The Labute approximate surface area is 84.8 Å². The minimum absolute atomic E-state index is 0.0899. The Kier molecular flexibility index (Phi) is 2.89. The van der Waals surface area contributed by atoms with Gasteiger partial charge in [-0.3, -0.25) is 4.68 Å². The van der Waals surface area contributed by atoms with Crippen LogP contribution < -0.4 is 5.46 Å². The number of piperidine rings is 1. The second-order valence-corrected chi connectivity index (χ2v) is 4.02. The second kappa shape index (κ2) is 4.15. The van der Waals surface area contributed by atoms with Gasteiger partial charge in [-0.2, -0.15) is 5.10 Å². The van der Waals surface area contributed by atoms with Crippen LogP contribution in [0.15, 0.2) is 12.4 Å². The standard InChI is InChI=1S/C9H16BN3O/c1-12-4-2-9(3-5-12)13-7-8(10-14)6-11-13/h6-7,9-10,14H,2-5H2,1H3. The monoisotopic (exact) mass is 193 g/mol. The van der Waals surface area contributed by atoms with Gasteiger partial charge in [0.2, 0.25) is 0 Å². The predicted octanol–water partition coefficient (Wildman–Crippen LogP) is -0.881. The van der Waals surface area contributed by atoms with Gasteiger partial charge in [0, 0.05) is 12.4 Å². The van der Waals surface area contributed by atoms with E-state index in [0.717, 1.165) is 31.4 Å². The lowest BCUT2D eigenvalue weighted by molar-refractivity contribution is 0.212. The van der Waals surface area contributed by atoms with Crippen molar-refractivity contribution in [2.75, 3.05) is 20.1 Å². The van der Waals surface area contributed by atoms with Crippen molar-refractivity contribution in [1.82, 2.24) is 14.7 Å². The average Bonchev–Trinajstić information content (AvgIpc) is 2.67. The summed E-state index contributed by atoms with van der Waals surface area (Å²) >= 11 is 0. The lowest BCUT2D eigenvalue weighted by atomic mass is 9.93. The van der Waals surface area contributed by atoms with Gasteiger partial charge in [0.05, 0.1) is 6.04 Å². The molecule has 1 saturated heterocycles. The Morgan fingerprint density at radius 1 is 1.50 bits per heavy atom. The molecule has 0 saturated carbocycles. The van der Waals surface area contributed by atoms with E-state index >= 15 is 0 Å². The number of hydrogen-bond acceptors (Lipinski definition) is 3. The van der Waals surface area contributed by atoms with Gasteiger partial charge >= 0.3 is 7.48 Å². The highest BCUT2D eigenvalue weighted by Gasteiger charge is 2.18. The summed E-state index contributed by atoms with van der Waals surface area (Å²) in [5.74, 6) is 0. The summed E-state index contributed by atoms with van der Waals surface area (Å²) in [6.45, 7) is 2.28. The van der Waals surface area contributed by atoms with Gasteiger partial charge in [-0.15, -0.1) is 0 Å². The van der Waals surface area contributed by atoms with Gasteiger partial charge in [0.15, 0.2) is 0 Å². The Morgan fingerprint density at radius 2 is 2.21 bits per heavy atom. The van der Waals surface area contributed by atoms with Crippen molar-refractivity contribution >= 4 is 12.9 Å². The van der Waals surface area contributed by atoms with Gasteiger partial charge in [0.25, 0.3) is 0 Å². The van der Waals surface area contributed by atoms with Gasteiger partial charge in [0.1, 0.15) is 0 Å². The zero-order chi connectivity index (χ0) is 9.97. The number of rotatable bonds is 2. The quantitative estimate of drug-likeness (QED) is 0.620. The maximum absolute atomic E-state index is 8.93. The fraction of sp³-hybridized carbons (Fsp3) is 0.667. The molecule has 1 aromatic heterocycles. The second-order valence-electron chi connectivity index (χ2n) is 4.02. The molecule has 0 unspecified atom stereocenters. The lowest BCUT2D eigenvalue weighted by Gasteiger charge is -2.28. The predicted molar refractivity (Wildman–Crippen MR) is 57.0 cm³/mol. The SMILES string of the molecule is CN1CCC(n2cc(BO)cn2)CC1. The van der Waals surface area contributed by atoms with Crippen LogP contribution in [-0.2, 0) is 0 Å². The van der Waals surface area contributed by atoms with Gasteiger partial charge in [-0.25, -0.2) is 0 Å². The molecular weight excluding hydrogens is 177 g/mol. The minimum atomic E-state index is 0.0899. The van der Waals surface area contributed by atoms with Crippen LogP contribution in [0.2, 0.25) is 0 Å². The molecule has 0 amide bonds. The summed E-state index contributed by atoms with van der Waals surface area (Å²) < 4.78 is 2.00. The van der Waals surface area contributed by atoms with E-state index in [1.165, 1.54) is 0 Å². The number of likely N-dealkylation sites (tertiary alicyclic amines) is 1. The van der Waals surface area contributed by atoms with Crippen molar-refractivity contribution < 1.29 is 5.02 Å². The molecule has 2 heterocycles. The van der Waals surface area contributed by atoms with Crippen LogP contribution in [0.3, 0.4) is 0 Å². The topological polar surface area (TPSA) is 41.3 Å². The third-order valence-electron chi connectivity index (χ3n) is 2.90. The van der Waals surface area contributed by atoms with Crippen molar-refractivity contribution in [3.63, 3.8) is 0 Å². The van der Waals surface area contributed by atoms with E-state index in [4.69, 9.17) is 5.02 Å². The van der Waals surface area contributed by atoms with Crippen LogP contribution in [0.4, 0.5) is 0 Å². The van der Waals surface area contributed by atoms with E-state index in [9.17, 15) is 0 Å². The van der Waals surface area contributed by atoms with Gasteiger partial charge in [-0.1, -0.05) is 0 Å². The Balaban J connectivity index is 2.01. The van der Waals surface area contributed by atoms with Crippen molar-refractivity contribution in [3.05, 3.63) is 12.4 Å². The van der Waals surface area contributed by atoms with E-state index < -0.39 is 0 Å². The zero-order valence-electron chi connectivity index (χ0n) is 8.56.